The Morgan fingerprint density at radius 1 is 0.967 bits per heavy atom. The molecule has 2 aromatic carbocycles. The second-order valence-corrected chi connectivity index (χ2v) is 8.37. The van der Waals surface area contributed by atoms with Crippen LogP contribution in [0.3, 0.4) is 0 Å². The molecule has 1 amide bonds. The van der Waals surface area contributed by atoms with Crippen LogP contribution < -0.4 is 5.32 Å². The summed E-state index contributed by atoms with van der Waals surface area (Å²) in [7, 11) is -0.0922. The maximum absolute atomic E-state index is 13.1. The maximum atomic E-state index is 13.1. The highest BCUT2D eigenvalue weighted by Gasteiger charge is 2.31. The van der Waals surface area contributed by atoms with Crippen LogP contribution in [0.4, 0.5) is 5.69 Å². The number of methoxy groups -OCH3 is 2. The van der Waals surface area contributed by atoms with Crippen molar-refractivity contribution in [2.75, 3.05) is 32.8 Å². The Kier molecular flexibility index (Phi) is 7.30. The van der Waals surface area contributed by atoms with Gasteiger partial charge in [-0.05, 0) is 23.8 Å². The average molecular weight is 434 g/mol. The molecule has 0 unspecified atom stereocenters. The highest BCUT2D eigenvalue weighted by molar-refractivity contribution is 7.88. The van der Waals surface area contributed by atoms with E-state index in [4.69, 9.17) is 4.74 Å². The number of carbonyl (C=O) groups is 3. The predicted molar refractivity (Wildman–Crippen MR) is 110 cm³/mol. The van der Waals surface area contributed by atoms with Crippen molar-refractivity contribution in [2.45, 2.75) is 6.04 Å². The minimum atomic E-state index is -3.74. The molecule has 1 atom stereocenters. The molecule has 0 heterocycles. The SMILES string of the molecule is COC(=O)c1ccc(C(=O)OC)c(NC(=O)[C@H](c2ccccc2)N(C)S(C)(=O)=O)c1. The van der Waals surface area contributed by atoms with Gasteiger partial charge in [-0.25, -0.2) is 18.0 Å². The van der Waals surface area contributed by atoms with Crippen molar-refractivity contribution in [2.24, 2.45) is 0 Å². The molecule has 30 heavy (non-hydrogen) atoms. The number of rotatable bonds is 7. The van der Waals surface area contributed by atoms with Crippen LogP contribution in [0.2, 0.25) is 0 Å². The average Bonchev–Trinajstić information content (AvgIpc) is 2.72. The lowest BCUT2D eigenvalue weighted by atomic mass is 10.0. The lowest BCUT2D eigenvalue weighted by Gasteiger charge is -2.26. The summed E-state index contributed by atoms with van der Waals surface area (Å²) in [5, 5.41) is 2.54. The monoisotopic (exact) mass is 434 g/mol. The molecule has 0 bridgehead atoms. The summed E-state index contributed by atoms with van der Waals surface area (Å²) in [5.74, 6) is -2.13. The number of carbonyl (C=O) groups excluding carboxylic acids is 3. The fourth-order valence-corrected chi connectivity index (χ4v) is 3.34. The predicted octanol–water partition coefficient (Wildman–Crippen LogP) is 1.83. The summed E-state index contributed by atoms with van der Waals surface area (Å²) in [6, 6.07) is 11.0. The molecular weight excluding hydrogens is 412 g/mol. The quantitative estimate of drug-likeness (QED) is 0.660. The second kappa shape index (κ2) is 9.51. The number of amides is 1. The number of likely N-dealkylation sites (N-methyl/N-ethyl adjacent to an activating group) is 1. The van der Waals surface area contributed by atoms with Crippen LogP contribution in [0.5, 0.6) is 0 Å². The van der Waals surface area contributed by atoms with Gasteiger partial charge in [0.1, 0.15) is 6.04 Å². The van der Waals surface area contributed by atoms with Gasteiger partial charge in [0.05, 0.1) is 37.3 Å². The van der Waals surface area contributed by atoms with Crippen molar-refractivity contribution >= 4 is 33.6 Å². The van der Waals surface area contributed by atoms with Gasteiger partial charge >= 0.3 is 11.9 Å². The van der Waals surface area contributed by atoms with Gasteiger partial charge in [0.15, 0.2) is 0 Å². The van der Waals surface area contributed by atoms with Gasteiger partial charge in [-0.1, -0.05) is 30.3 Å². The zero-order chi connectivity index (χ0) is 22.5. The van der Waals surface area contributed by atoms with E-state index in [0.717, 1.165) is 10.6 Å². The summed E-state index contributed by atoms with van der Waals surface area (Å²) < 4.78 is 34.5. The highest BCUT2D eigenvalue weighted by atomic mass is 32.2. The molecule has 2 rings (SSSR count). The molecule has 10 heteroatoms. The summed E-state index contributed by atoms with van der Waals surface area (Å²) in [6.45, 7) is 0. The minimum absolute atomic E-state index is 0.00711. The molecule has 0 saturated carbocycles. The fourth-order valence-electron chi connectivity index (χ4n) is 2.73. The van der Waals surface area contributed by atoms with E-state index in [0.29, 0.717) is 5.56 Å². The van der Waals surface area contributed by atoms with Crippen LogP contribution in [0.1, 0.15) is 32.3 Å². The molecule has 1 N–H and O–H groups in total. The molecule has 0 aliphatic carbocycles. The molecule has 2 aromatic rings. The first kappa shape index (κ1) is 23.0. The third-order valence-corrected chi connectivity index (χ3v) is 5.61. The van der Waals surface area contributed by atoms with Crippen LogP contribution in [0.15, 0.2) is 48.5 Å². The van der Waals surface area contributed by atoms with Gasteiger partial charge in [0.25, 0.3) is 0 Å². The molecule has 0 saturated heterocycles. The molecule has 0 aliphatic heterocycles. The first-order chi connectivity index (χ1) is 14.1. The van der Waals surface area contributed by atoms with E-state index >= 15 is 0 Å². The van der Waals surface area contributed by atoms with Crippen LogP contribution in [0, 0.1) is 0 Å². The number of esters is 2. The van der Waals surface area contributed by atoms with Crippen molar-refractivity contribution in [3.8, 4) is 0 Å². The maximum Gasteiger partial charge on any atom is 0.339 e. The normalized spacial score (nSPS) is 12.2. The summed E-state index contributed by atoms with van der Waals surface area (Å²) >= 11 is 0. The number of nitrogens with zero attached hydrogens (tertiary/aromatic N) is 1. The molecular formula is C20H22N2O7S. The lowest BCUT2D eigenvalue weighted by Crippen LogP contribution is -2.38. The van der Waals surface area contributed by atoms with E-state index in [1.807, 2.05) is 0 Å². The van der Waals surface area contributed by atoms with E-state index in [1.165, 1.54) is 39.5 Å². The molecule has 0 radical (unpaired) electrons. The second-order valence-electron chi connectivity index (χ2n) is 6.33. The Labute approximate surface area is 174 Å². The zero-order valence-electron chi connectivity index (χ0n) is 16.9. The Hall–Kier alpha value is -3.24. The third-order valence-electron chi connectivity index (χ3n) is 4.35. The van der Waals surface area contributed by atoms with E-state index in [1.54, 1.807) is 30.3 Å². The van der Waals surface area contributed by atoms with E-state index in [-0.39, 0.29) is 16.8 Å². The smallest absolute Gasteiger partial charge is 0.339 e. The van der Waals surface area contributed by atoms with E-state index < -0.39 is 33.9 Å². The summed E-state index contributed by atoms with van der Waals surface area (Å²) in [5.41, 5.74) is 0.491. The minimum Gasteiger partial charge on any atom is -0.465 e. The summed E-state index contributed by atoms with van der Waals surface area (Å²) in [4.78, 5) is 37.1. The van der Waals surface area contributed by atoms with Crippen LogP contribution in [-0.4, -0.2) is 58.1 Å². The lowest BCUT2D eigenvalue weighted by molar-refractivity contribution is -0.119. The number of hydrogen-bond acceptors (Lipinski definition) is 7. The standard InChI is InChI=1S/C20H22N2O7S/c1-22(30(4,26)27)17(13-8-6-5-7-9-13)18(23)21-16-12-14(19(24)28-2)10-11-15(16)20(25)29-3/h5-12,17H,1-4H3,(H,21,23)/t17-/m0/s1. The van der Waals surface area contributed by atoms with Gasteiger partial charge in [-0.2, -0.15) is 4.31 Å². The van der Waals surface area contributed by atoms with Gasteiger partial charge in [-0.15, -0.1) is 0 Å². The van der Waals surface area contributed by atoms with Crippen molar-refractivity contribution in [3.63, 3.8) is 0 Å². The molecule has 9 nitrogen and oxygen atoms in total. The first-order valence-corrected chi connectivity index (χ1v) is 10.5. The van der Waals surface area contributed by atoms with E-state index in [2.05, 4.69) is 10.1 Å². The Balaban J connectivity index is 2.52. The Bertz CT molecular complexity index is 1050. The van der Waals surface area contributed by atoms with Crippen LogP contribution in [-0.2, 0) is 24.3 Å². The van der Waals surface area contributed by atoms with Crippen molar-refractivity contribution < 1.29 is 32.3 Å². The topological polar surface area (TPSA) is 119 Å². The first-order valence-electron chi connectivity index (χ1n) is 8.69. The number of hydrogen-bond donors (Lipinski definition) is 1. The number of nitrogens with one attached hydrogen (secondary N) is 1. The van der Waals surface area contributed by atoms with Crippen LogP contribution >= 0.6 is 0 Å². The van der Waals surface area contributed by atoms with Gasteiger partial charge in [-0.3, -0.25) is 4.79 Å². The van der Waals surface area contributed by atoms with Crippen molar-refractivity contribution in [1.29, 1.82) is 0 Å². The van der Waals surface area contributed by atoms with Gasteiger partial charge in [0.2, 0.25) is 15.9 Å². The molecule has 0 spiro atoms. The fraction of sp³-hybridized carbons (Fsp3) is 0.250. The van der Waals surface area contributed by atoms with E-state index in [9.17, 15) is 22.8 Å². The Morgan fingerprint density at radius 3 is 2.10 bits per heavy atom. The third kappa shape index (κ3) is 5.22. The van der Waals surface area contributed by atoms with Gasteiger partial charge in [0, 0.05) is 7.05 Å². The number of sulfonamides is 1. The number of anilines is 1. The highest BCUT2D eigenvalue weighted by Crippen LogP contribution is 2.26. The van der Waals surface area contributed by atoms with Gasteiger partial charge < -0.3 is 14.8 Å². The molecule has 0 fully saturated rings. The molecule has 160 valence electrons. The van der Waals surface area contributed by atoms with Crippen molar-refractivity contribution in [3.05, 3.63) is 65.2 Å². The Morgan fingerprint density at radius 2 is 1.57 bits per heavy atom. The zero-order valence-corrected chi connectivity index (χ0v) is 17.7. The van der Waals surface area contributed by atoms with Crippen LogP contribution in [0.25, 0.3) is 0 Å². The largest absolute Gasteiger partial charge is 0.465 e. The molecule has 0 aromatic heterocycles. The number of ether oxygens (including phenoxy) is 2. The van der Waals surface area contributed by atoms with Crippen molar-refractivity contribution in [1.82, 2.24) is 4.31 Å². The summed E-state index contributed by atoms with van der Waals surface area (Å²) in [6.07, 6.45) is 0.980. The number of benzene rings is 2. The molecule has 0 aliphatic rings.